The number of piperidine rings is 1. The maximum atomic E-state index is 11.8. The normalized spacial score (nSPS) is 20.2. The van der Waals surface area contributed by atoms with Crippen LogP contribution in [-0.4, -0.2) is 16.8 Å². The Kier molecular flexibility index (Phi) is 2.63. The number of rotatable bonds is 1. The van der Waals surface area contributed by atoms with Crippen molar-refractivity contribution >= 4 is 33.4 Å². The standard InChI is InChI=1S/C13H12N2O2S/c1-7-14-10-6-8(2-4-11(10)18-7)9-3-5-12(16)15-13(9)17/h2,4,6,9H,3,5H2,1H3,(H,15,16,17). The fourth-order valence-electron chi connectivity index (χ4n) is 2.29. The van der Waals surface area contributed by atoms with Crippen LogP contribution in [0.1, 0.15) is 29.3 Å². The summed E-state index contributed by atoms with van der Waals surface area (Å²) in [6.07, 6.45) is 0.990. The second-order valence-corrected chi connectivity index (χ2v) is 5.70. The molecule has 0 radical (unpaired) electrons. The molecule has 3 rings (SSSR count). The predicted octanol–water partition coefficient (Wildman–Crippen LogP) is 2.12. The van der Waals surface area contributed by atoms with Gasteiger partial charge in [-0.15, -0.1) is 11.3 Å². The molecule has 0 bridgehead atoms. The molecule has 1 saturated heterocycles. The highest BCUT2D eigenvalue weighted by Crippen LogP contribution is 2.29. The minimum atomic E-state index is -0.228. The highest BCUT2D eigenvalue weighted by atomic mass is 32.1. The van der Waals surface area contributed by atoms with E-state index >= 15 is 0 Å². The summed E-state index contributed by atoms with van der Waals surface area (Å²) in [6, 6.07) is 5.91. The summed E-state index contributed by atoms with van der Waals surface area (Å²) in [5.74, 6) is -0.603. The van der Waals surface area contributed by atoms with Crippen LogP contribution < -0.4 is 5.32 Å². The molecule has 1 fully saturated rings. The quantitative estimate of drug-likeness (QED) is 0.799. The monoisotopic (exact) mass is 260 g/mol. The molecule has 2 aromatic rings. The molecule has 0 spiro atoms. The lowest BCUT2D eigenvalue weighted by atomic mass is 9.90. The number of imide groups is 1. The van der Waals surface area contributed by atoms with E-state index in [9.17, 15) is 9.59 Å². The highest BCUT2D eigenvalue weighted by Gasteiger charge is 2.28. The van der Waals surface area contributed by atoms with Gasteiger partial charge < -0.3 is 0 Å². The number of carbonyl (C=O) groups excluding carboxylic acids is 2. The van der Waals surface area contributed by atoms with E-state index in [-0.39, 0.29) is 17.7 Å². The Morgan fingerprint density at radius 2 is 2.22 bits per heavy atom. The zero-order chi connectivity index (χ0) is 12.7. The van der Waals surface area contributed by atoms with E-state index in [1.807, 2.05) is 25.1 Å². The molecule has 0 saturated carbocycles. The number of aromatic nitrogens is 1. The van der Waals surface area contributed by atoms with Crippen LogP contribution in [0.4, 0.5) is 0 Å². The van der Waals surface area contributed by atoms with Gasteiger partial charge in [-0.25, -0.2) is 4.98 Å². The lowest BCUT2D eigenvalue weighted by molar-refractivity contribution is -0.134. The fraction of sp³-hybridized carbons (Fsp3) is 0.308. The second-order valence-electron chi connectivity index (χ2n) is 4.46. The smallest absolute Gasteiger partial charge is 0.234 e. The van der Waals surface area contributed by atoms with Crippen LogP contribution in [0.5, 0.6) is 0 Å². The average molecular weight is 260 g/mol. The maximum Gasteiger partial charge on any atom is 0.234 e. The van der Waals surface area contributed by atoms with Gasteiger partial charge >= 0.3 is 0 Å². The predicted molar refractivity (Wildman–Crippen MR) is 69.5 cm³/mol. The van der Waals surface area contributed by atoms with Gasteiger partial charge in [0.25, 0.3) is 0 Å². The minimum Gasteiger partial charge on any atom is -0.296 e. The summed E-state index contributed by atoms with van der Waals surface area (Å²) in [5.41, 5.74) is 1.87. The number of benzene rings is 1. The third kappa shape index (κ3) is 1.90. The number of carbonyl (C=O) groups is 2. The third-order valence-corrected chi connectivity index (χ3v) is 4.11. The van der Waals surface area contributed by atoms with Crippen molar-refractivity contribution in [2.75, 3.05) is 0 Å². The van der Waals surface area contributed by atoms with Crippen LogP contribution in [0.25, 0.3) is 10.2 Å². The highest BCUT2D eigenvalue weighted by molar-refractivity contribution is 7.18. The summed E-state index contributed by atoms with van der Waals surface area (Å²) in [4.78, 5) is 27.3. The van der Waals surface area contributed by atoms with Gasteiger partial charge in [-0.3, -0.25) is 14.9 Å². The zero-order valence-electron chi connectivity index (χ0n) is 9.90. The van der Waals surface area contributed by atoms with Crippen LogP contribution in [0.2, 0.25) is 0 Å². The van der Waals surface area contributed by atoms with Gasteiger partial charge in [-0.1, -0.05) is 6.07 Å². The van der Waals surface area contributed by atoms with Gasteiger partial charge in [0.15, 0.2) is 0 Å². The number of nitrogens with one attached hydrogen (secondary N) is 1. The first-order valence-electron chi connectivity index (χ1n) is 5.84. The Morgan fingerprint density at radius 1 is 1.39 bits per heavy atom. The summed E-state index contributed by atoms with van der Waals surface area (Å²) < 4.78 is 1.13. The molecule has 4 nitrogen and oxygen atoms in total. The van der Waals surface area contributed by atoms with Gasteiger partial charge in [0, 0.05) is 6.42 Å². The van der Waals surface area contributed by atoms with E-state index in [2.05, 4.69) is 10.3 Å². The van der Waals surface area contributed by atoms with Crippen molar-refractivity contribution in [2.24, 2.45) is 0 Å². The van der Waals surface area contributed by atoms with Crippen LogP contribution in [0.15, 0.2) is 18.2 Å². The molecule has 5 heteroatoms. The lowest BCUT2D eigenvalue weighted by Crippen LogP contribution is -2.39. The largest absolute Gasteiger partial charge is 0.296 e. The molecule has 1 N–H and O–H groups in total. The molecule has 1 aromatic heterocycles. The third-order valence-electron chi connectivity index (χ3n) is 3.16. The molecule has 1 aromatic carbocycles. The van der Waals surface area contributed by atoms with Crippen molar-refractivity contribution < 1.29 is 9.59 Å². The number of nitrogens with zero attached hydrogens (tertiary/aromatic N) is 1. The Balaban J connectivity index is 1.98. The van der Waals surface area contributed by atoms with Crippen molar-refractivity contribution in [3.8, 4) is 0 Å². The fourth-order valence-corrected chi connectivity index (χ4v) is 3.10. The Morgan fingerprint density at radius 3 is 3.00 bits per heavy atom. The number of hydrogen-bond donors (Lipinski definition) is 1. The topological polar surface area (TPSA) is 59.1 Å². The van der Waals surface area contributed by atoms with E-state index in [0.29, 0.717) is 12.8 Å². The molecule has 92 valence electrons. The van der Waals surface area contributed by atoms with Crippen LogP contribution in [-0.2, 0) is 9.59 Å². The van der Waals surface area contributed by atoms with E-state index < -0.39 is 0 Å². The van der Waals surface area contributed by atoms with Gasteiger partial charge in [-0.05, 0) is 31.0 Å². The van der Waals surface area contributed by atoms with Crippen LogP contribution in [0, 0.1) is 6.92 Å². The Hall–Kier alpha value is -1.75. The van der Waals surface area contributed by atoms with Gasteiger partial charge in [0.1, 0.15) is 0 Å². The Labute approximate surface area is 108 Å². The van der Waals surface area contributed by atoms with Gasteiger partial charge in [-0.2, -0.15) is 0 Å². The second kappa shape index (κ2) is 4.17. The van der Waals surface area contributed by atoms with E-state index in [1.165, 1.54) is 0 Å². The maximum absolute atomic E-state index is 11.8. The first-order chi connectivity index (χ1) is 8.63. The molecule has 1 aliphatic rings. The molecule has 2 heterocycles. The number of amides is 2. The first kappa shape index (κ1) is 11.3. The van der Waals surface area contributed by atoms with Crippen molar-refractivity contribution in [3.05, 3.63) is 28.8 Å². The number of hydrogen-bond acceptors (Lipinski definition) is 4. The summed E-state index contributed by atoms with van der Waals surface area (Å²) in [5, 5.41) is 3.40. The molecule has 18 heavy (non-hydrogen) atoms. The Bertz CT molecular complexity index is 647. The van der Waals surface area contributed by atoms with Gasteiger partial charge in [0.2, 0.25) is 11.8 Å². The number of thiazole rings is 1. The van der Waals surface area contributed by atoms with Crippen LogP contribution in [0.3, 0.4) is 0 Å². The molecule has 2 amide bonds. The van der Waals surface area contributed by atoms with E-state index in [4.69, 9.17) is 0 Å². The summed E-state index contributed by atoms with van der Waals surface area (Å²) >= 11 is 1.64. The lowest BCUT2D eigenvalue weighted by Gasteiger charge is -2.20. The average Bonchev–Trinajstić information content (AvgIpc) is 2.68. The molecular weight excluding hydrogens is 248 g/mol. The molecule has 1 atom stereocenters. The molecule has 1 unspecified atom stereocenters. The van der Waals surface area contributed by atoms with Crippen molar-refractivity contribution in [2.45, 2.75) is 25.7 Å². The molecule has 0 aliphatic carbocycles. The zero-order valence-corrected chi connectivity index (χ0v) is 10.7. The van der Waals surface area contributed by atoms with Crippen molar-refractivity contribution in [1.82, 2.24) is 10.3 Å². The SMILES string of the molecule is Cc1nc2cc(C3CCC(=O)NC3=O)ccc2s1. The number of fused-ring (bicyclic) bond motifs is 1. The minimum absolute atomic E-state index is 0.179. The van der Waals surface area contributed by atoms with Crippen molar-refractivity contribution in [1.29, 1.82) is 0 Å². The van der Waals surface area contributed by atoms with Crippen LogP contribution >= 0.6 is 11.3 Å². The molecule has 1 aliphatic heterocycles. The first-order valence-corrected chi connectivity index (χ1v) is 6.66. The van der Waals surface area contributed by atoms with Gasteiger partial charge in [0.05, 0.1) is 21.1 Å². The van der Waals surface area contributed by atoms with E-state index in [1.54, 1.807) is 11.3 Å². The molecular formula is C13H12N2O2S. The van der Waals surface area contributed by atoms with E-state index in [0.717, 1.165) is 20.8 Å². The summed E-state index contributed by atoms with van der Waals surface area (Å²) in [7, 11) is 0. The number of aryl methyl sites for hydroxylation is 1. The van der Waals surface area contributed by atoms with Crippen molar-refractivity contribution in [3.63, 3.8) is 0 Å². The summed E-state index contributed by atoms with van der Waals surface area (Å²) in [6.45, 7) is 1.97.